The molecule has 1 heterocycles. The van der Waals surface area contributed by atoms with Crippen molar-refractivity contribution in [1.82, 2.24) is 0 Å². The number of hydrogen-bond donors (Lipinski definition) is 1. The fraction of sp³-hybridized carbons (Fsp3) is 0.870. The van der Waals surface area contributed by atoms with Gasteiger partial charge in [-0.2, -0.15) is 21.6 Å². The molecule has 7 aliphatic rings. The predicted molar refractivity (Wildman–Crippen MR) is 111 cm³/mol. The van der Waals surface area contributed by atoms with Gasteiger partial charge in [-0.3, -0.25) is 18.9 Å². The normalized spacial score (nSPS) is 45.0. The van der Waals surface area contributed by atoms with Crippen LogP contribution < -0.4 is 0 Å². The second-order valence-corrected chi connectivity index (χ2v) is 13.3. The lowest BCUT2D eigenvalue weighted by Gasteiger charge is -2.55. The average molecular weight is 537 g/mol. The summed E-state index contributed by atoms with van der Waals surface area (Å²) in [4.78, 5) is 39.0. The third-order valence-electron chi connectivity index (χ3n) is 9.52. The summed E-state index contributed by atoms with van der Waals surface area (Å²) in [6.45, 7) is 0. The van der Waals surface area contributed by atoms with Crippen molar-refractivity contribution in [3.05, 3.63) is 0 Å². The Kier molecular flexibility index (Phi) is 5.30. The van der Waals surface area contributed by atoms with Crippen molar-refractivity contribution in [1.29, 1.82) is 0 Å². The summed E-state index contributed by atoms with van der Waals surface area (Å²) in [5.41, 5.74) is -0.606. The van der Waals surface area contributed by atoms with Gasteiger partial charge in [0.15, 0.2) is 0 Å². The van der Waals surface area contributed by atoms with Crippen molar-refractivity contribution in [3.63, 3.8) is 0 Å². The third-order valence-corrected chi connectivity index (χ3v) is 10.2. The van der Waals surface area contributed by atoms with Crippen LogP contribution in [-0.4, -0.2) is 61.1 Å². The molecule has 1 N–H and O–H groups in total. The van der Waals surface area contributed by atoms with Crippen LogP contribution in [0.4, 0.5) is 13.2 Å². The topological polar surface area (TPSA) is 133 Å². The van der Waals surface area contributed by atoms with Gasteiger partial charge >= 0.3 is 24.1 Å². The quantitative estimate of drug-likeness (QED) is 0.308. The average Bonchev–Trinajstić information content (AvgIpc) is 3.34. The van der Waals surface area contributed by atoms with Crippen LogP contribution in [0.5, 0.6) is 0 Å². The van der Waals surface area contributed by atoms with Crippen LogP contribution >= 0.6 is 0 Å². The van der Waals surface area contributed by atoms with Crippen molar-refractivity contribution in [2.45, 2.75) is 69.4 Å². The molecule has 13 heteroatoms. The molecule has 7 rings (SSSR count). The SMILES string of the molecule is O=C1OC2C3CC(C2OC(=O)C24CC5CC(CC(C5)C2)C4)C(C(=O)OC(CS(=O)(=O)O)C(F)(F)F)C13. The van der Waals surface area contributed by atoms with E-state index >= 15 is 0 Å². The van der Waals surface area contributed by atoms with Crippen LogP contribution in [0.1, 0.15) is 44.9 Å². The zero-order chi connectivity index (χ0) is 25.8. The zero-order valence-electron chi connectivity index (χ0n) is 19.2. The number of ether oxygens (including phenoxy) is 3. The van der Waals surface area contributed by atoms with Gasteiger partial charge in [0.25, 0.3) is 10.1 Å². The van der Waals surface area contributed by atoms with Crippen molar-refractivity contribution in [2.24, 2.45) is 46.8 Å². The van der Waals surface area contributed by atoms with Gasteiger partial charge in [-0.25, -0.2) is 0 Å². The van der Waals surface area contributed by atoms with Gasteiger partial charge in [-0.1, -0.05) is 0 Å². The lowest BCUT2D eigenvalue weighted by Crippen LogP contribution is -2.53. The lowest BCUT2D eigenvalue weighted by atomic mass is 9.49. The first-order valence-corrected chi connectivity index (χ1v) is 14.0. The summed E-state index contributed by atoms with van der Waals surface area (Å²) < 4.78 is 87.0. The minimum atomic E-state index is -5.26. The van der Waals surface area contributed by atoms with Crippen molar-refractivity contribution < 1.29 is 54.7 Å². The largest absolute Gasteiger partial charge is 0.458 e. The van der Waals surface area contributed by atoms with Crippen molar-refractivity contribution in [2.75, 3.05) is 5.75 Å². The summed E-state index contributed by atoms with van der Waals surface area (Å²) in [6, 6.07) is 0. The minimum absolute atomic E-state index is 0.245. The molecule has 36 heavy (non-hydrogen) atoms. The number of carbonyl (C=O) groups is 3. The molecule has 0 aromatic carbocycles. The second kappa shape index (κ2) is 7.81. The van der Waals surface area contributed by atoms with E-state index in [1.165, 1.54) is 0 Å². The molecule has 0 aromatic rings. The van der Waals surface area contributed by atoms with E-state index in [2.05, 4.69) is 4.74 Å². The van der Waals surface area contributed by atoms with E-state index in [4.69, 9.17) is 14.0 Å². The molecular formula is C23H27F3O9S. The molecule has 0 aromatic heterocycles. The highest BCUT2D eigenvalue weighted by molar-refractivity contribution is 7.85. The van der Waals surface area contributed by atoms with Crippen LogP contribution in [-0.2, 0) is 38.7 Å². The summed E-state index contributed by atoms with van der Waals surface area (Å²) in [5, 5.41) is 0. The Bertz CT molecular complexity index is 1070. The summed E-state index contributed by atoms with van der Waals surface area (Å²) in [5.74, 6) is -6.67. The third kappa shape index (κ3) is 3.83. The van der Waals surface area contributed by atoms with Crippen LogP contribution in [0.2, 0.25) is 0 Å². The molecular weight excluding hydrogens is 509 g/mol. The molecule has 1 aliphatic heterocycles. The monoisotopic (exact) mass is 536 g/mol. The van der Waals surface area contributed by atoms with Gasteiger partial charge in [-0.05, 0) is 62.7 Å². The van der Waals surface area contributed by atoms with Crippen LogP contribution in [0.15, 0.2) is 0 Å². The Hall–Kier alpha value is -1.89. The van der Waals surface area contributed by atoms with Gasteiger partial charge in [0.05, 0.1) is 17.3 Å². The summed E-state index contributed by atoms with van der Waals surface area (Å²) >= 11 is 0. The number of fused-ring (bicyclic) bond motifs is 1. The maximum atomic E-state index is 13.5. The van der Waals surface area contributed by atoms with Gasteiger partial charge in [-0.15, -0.1) is 0 Å². The molecule has 0 radical (unpaired) electrons. The second-order valence-electron chi connectivity index (χ2n) is 11.8. The van der Waals surface area contributed by atoms with E-state index in [-0.39, 0.29) is 12.4 Å². The highest BCUT2D eigenvalue weighted by Gasteiger charge is 2.71. The van der Waals surface area contributed by atoms with E-state index in [1.807, 2.05) is 0 Å². The number of rotatable bonds is 6. The molecule has 1 saturated heterocycles. The molecule has 6 saturated carbocycles. The van der Waals surface area contributed by atoms with Crippen LogP contribution in [0.3, 0.4) is 0 Å². The molecule has 0 amide bonds. The lowest BCUT2D eigenvalue weighted by molar-refractivity contribution is -0.220. The van der Waals surface area contributed by atoms with E-state index < -0.39 is 81.4 Å². The molecule has 7 unspecified atom stereocenters. The van der Waals surface area contributed by atoms with Gasteiger partial charge in [0, 0.05) is 11.8 Å². The molecule has 6 aliphatic carbocycles. The molecule has 0 spiro atoms. The highest BCUT2D eigenvalue weighted by Crippen LogP contribution is 2.62. The Balaban J connectivity index is 1.22. The van der Waals surface area contributed by atoms with Gasteiger partial charge in [0.2, 0.25) is 6.10 Å². The van der Waals surface area contributed by atoms with Crippen molar-refractivity contribution in [3.8, 4) is 0 Å². The molecule has 200 valence electrons. The molecule has 7 fully saturated rings. The van der Waals surface area contributed by atoms with Crippen LogP contribution in [0.25, 0.3) is 0 Å². The smallest absolute Gasteiger partial charge is 0.426 e. The van der Waals surface area contributed by atoms with E-state index in [9.17, 15) is 36.0 Å². The van der Waals surface area contributed by atoms with E-state index in [0.29, 0.717) is 17.8 Å². The molecule has 7 atom stereocenters. The first-order chi connectivity index (χ1) is 16.7. The maximum Gasteiger partial charge on any atom is 0.426 e. The Labute approximate surface area is 205 Å². The van der Waals surface area contributed by atoms with Crippen LogP contribution in [0, 0.1) is 46.8 Å². The Morgan fingerprint density at radius 1 is 1.06 bits per heavy atom. The minimum Gasteiger partial charge on any atom is -0.458 e. The number of esters is 3. The fourth-order valence-corrected chi connectivity index (χ4v) is 9.32. The standard InChI is InChI=1S/C23H27F3O9S/c24-23(25,26)14(8-36(30,31)32)33-19(27)15-13-4-12-16(15)20(28)34-17(12)18(13)35-21(29)22-5-9-1-10(6-22)3-11(2-9)7-22/h9-18H,1-8H2,(H,30,31,32). The zero-order valence-corrected chi connectivity index (χ0v) is 20.0. The number of alkyl halides is 3. The predicted octanol–water partition coefficient (Wildman–Crippen LogP) is 2.28. The van der Waals surface area contributed by atoms with Gasteiger partial charge < -0.3 is 14.2 Å². The van der Waals surface area contributed by atoms with Crippen molar-refractivity contribution >= 4 is 28.0 Å². The summed E-state index contributed by atoms with van der Waals surface area (Å²) in [7, 11) is -5.11. The van der Waals surface area contributed by atoms with Gasteiger partial charge in [0.1, 0.15) is 18.0 Å². The first kappa shape index (κ1) is 24.4. The molecule has 6 bridgehead atoms. The number of hydrogen-bond acceptors (Lipinski definition) is 8. The number of halogens is 3. The Morgan fingerprint density at radius 2 is 1.64 bits per heavy atom. The number of carbonyl (C=O) groups excluding carboxylic acids is 3. The fourth-order valence-electron chi connectivity index (χ4n) is 8.68. The van der Waals surface area contributed by atoms with E-state index in [1.54, 1.807) is 0 Å². The van der Waals surface area contributed by atoms with E-state index in [0.717, 1.165) is 38.5 Å². The first-order valence-electron chi connectivity index (χ1n) is 12.4. The highest BCUT2D eigenvalue weighted by atomic mass is 32.2. The molecule has 9 nitrogen and oxygen atoms in total. The maximum absolute atomic E-state index is 13.5. The summed E-state index contributed by atoms with van der Waals surface area (Å²) in [6.07, 6.45) is -4.30. The Morgan fingerprint density at radius 3 is 2.17 bits per heavy atom.